The van der Waals surface area contributed by atoms with Crippen molar-refractivity contribution in [2.45, 2.75) is 26.3 Å². The van der Waals surface area contributed by atoms with E-state index in [1.54, 1.807) is 11.0 Å². The fourth-order valence-electron chi connectivity index (χ4n) is 1.27. The van der Waals surface area contributed by atoms with Crippen molar-refractivity contribution in [1.82, 2.24) is 25.4 Å². The van der Waals surface area contributed by atoms with Crippen LogP contribution in [0.1, 0.15) is 19.7 Å². The molecule has 0 atom stereocenters. The van der Waals surface area contributed by atoms with Crippen LogP contribution in [0.2, 0.25) is 0 Å². The van der Waals surface area contributed by atoms with Crippen LogP contribution < -0.4 is 10.6 Å². The molecule has 0 unspecified atom stereocenters. The quantitative estimate of drug-likeness (QED) is 0.639. The van der Waals surface area contributed by atoms with Gasteiger partial charge >= 0.3 is 0 Å². The lowest BCUT2D eigenvalue weighted by Gasteiger charge is -2.08. The Balaban J connectivity index is 2.10. The van der Waals surface area contributed by atoms with Crippen LogP contribution in [-0.4, -0.2) is 39.8 Å². The summed E-state index contributed by atoms with van der Waals surface area (Å²) in [6.45, 7) is 4.92. The lowest BCUT2D eigenvalue weighted by molar-refractivity contribution is -0.120. The molecule has 0 aromatic carbocycles. The first-order chi connectivity index (χ1) is 7.58. The largest absolute Gasteiger partial charge is 0.353 e. The third-order valence-electron chi connectivity index (χ3n) is 1.91. The summed E-state index contributed by atoms with van der Waals surface area (Å²) in [5.41, 5.74) is 0. The highest BCUT2D eigenvalue weighted by Crippen LogP contribution is 1.87. The van der Waals surface area contributed by atoms with Crippen LogP contribution in [0.15, 0.2) is 6.33 Å². The third-order valence-corrected chi connectivity index (χ3v) is 1.91. The molecular formula is C10H19N5O. The van der Waals surface area contributed by atoms with Crippen LogP contribution in [0.5, 0.6) is 0 Å². The zero-order valence-electron chi connectivity index (χ0n) is 10.0. The minimum absolute atomic E-state index is 0.0176. The number of aryl methyl sites for hydroxylation is 1. The summed E-state index contributed by atoms with van der Waals surface area (Å²) in [4.78, 5) is 15.4. The van der Waals surface area contributed by atoms with Crippen molar-refractivity contribution in [3.63, 3.8) is 0 Å². The summed E-state index contributed by atoms with van der Waals surface area (Å²) < 4.78 is 1.67. The first-order valence-corrected chi connectivity index (χ1v) is 5.42. The normalized spacial score (nSPS) is 10.8. The van der Waals surface area contributed by atoms with Crippen molar-refractivity contribution in [1.29, 1.82) is 0 Å². The van der Waals surface area contributed by atoms with E-state index >= 15 is 0 Å². The number of hydrogen-bond acceptors (Lipinski definition) is 4. The first-order valence-electron chi connectivity index (χ1n) is 5.42. The Morgan fingerprint density at radius 1 is 1.56 bits per heavy atom. The SMILES string of the molecule is CC(C)NC(=O)CNCCc1ncn(C)n1. The maximum absolute atomic E-state index is 11.3. The summed E-state index contributed by atoms with van der Waals surface area (Å²) in [7, 11) is 1.83. The fraction of sp³-hybridized carbons (Fsp3) is 0.700. The van der Waals surface area contributed by atoms with Gasteiger partial charge in [-0.2, -0.15) is 5.10 Å². The van der Waals surface area contributed by atoms with Crippen LogP contribution in [0.4, 0.5) is 0 Å². The molecule has 6 heteroatoms. The van der Waals surface area contributed by atoms with Gasteiger partial charge in [0.1, 0.15) is 6.33 Å². The van der Waals surface area contributed by atoms with Crippen LogP contribution in [0.25, 0.3) is 0 Å². The van der Waals surface area contributed by atoms with Crippen LogP contribution in [0.3, 0.4) is 0 Å². The van der Waals surface area contributed by atoms with Gasteiger partial charge in [0.15, 0.2) is 5.82 Å². The Bertz CT molecular complexity index is 334. The molecule has 6 nitrogen and oxygen atoms in total. The summed E-state index contributed by atoms with van der Waals surface area (Å²) >= 11 is 0. The third kappa shape index (κ3) is 4.88. The molecule has 0 saturated heterocycles. The van der Waals surface area contributed by atoms with Crippen molar-refractivity contribution < 1.29 is 4.79 Å². The Kier molecular flexibility index (Phi) is 4.91. The Hall–Kier alpha value is -1.43. The molecule has 0 radical (unpaired) electrons. The van der Waals surface area contributed by atoms with Gasteiger partial charge in [-0.05, 0) is 13.8 Å². The van der Waals surface area contributed by atoms with E-state index in [9.17, 15) is 4.79 Å². The molecule has 90 valence electrons. The van der Waals surface area contributed by atoms with Crippen molar-refractivity contribution in [2.75, 3.05) is 13.1 Å². The van der Waals surface area contributed by atoms with Gasteiger partial charge in [-0.1, -0.05) is 0 Å². The van der Waals surface area contributed by atoms with Gasteiger partial charge in [0.2, 0.25) is 5.91 Å². The maximum Gasteiger partial charge on any atom is 0.234 e. The van der Waals surface area contributed by atoms with Crippen LogP contribution >= 0.6 is 0 Å². The highest BCUT2D eigenvalue weighted by Gasteiger charge is 2.03. The molecule has 1 aromatic rings. The second-order valence-corrected chi connectivity index (χ2v) is 3.98. The number of carbonyl (C=O) groups excluding carboxylic acids is 1. The predicted molar refractivity (Wildman–Crippen MR) is 60.9 cm³/mol. The average Bonchev–Trinajstić information content (AvgIpc) is 2.58. The van der Waals surface area contributed by atoms with Gasteiger partial charge in [0, 0.05) is 26.1 Å². The molecule has 1 heterocycles. The van der Waals surface area contributed by atoms with Crippen molar-refractivity contribution >= 4 is 5.91 Å². The molecule has 0 aliphatic heterocycles. The highest BCUT2D eigenvalue weighted by molar-refractivity contribution is 5.78. The minimum atomic E-state index is 0.0176. The number of aromatic nitrogens is 3. The summed E-state index contributed by atoms with van der Waals surface area (Å²) in [5.74, 6) is 0.809. The van der Waals surface area contributed by atoms with E-state index in [2.05, 4.69) is 20.7 Å². The number of hydrogen-bond donors (Lipinski definition) is 2. The summed E-state index contributed by atoms with van der Waals surface area (Å²) in [5, 5.41) is 10.00. The van der Waals surface area contributed by atoms with Crippen LogP contribution in [0, 0.1) is 0 Å². The van der Waals surface area contributed by atoms with E-state index in [0.717, 1.165) is 12.2 Å². The zero-order chi connectivity index (χ0) is 12.0. The second-order valence-electron chi connectivity index (χ2n) is 3.98. The molecule has 0 saturated carbocycles. The molecule has 0 aliphatic rings. The smallest absolute Gasteiger partial charge is 0.234 e. The van der Waals surface area contributed by atoms with Gasteiger partial charge < -0.3 is 10.6 Å². The average molecular weight is 225 g/mol. The summed E-state index contributed by atoms with van der Waals surface area (Å²) in [6, 6.07) is 0.187. The number of rotatable bonds is 6. The standard InChI is InChI=1S/C10H19N5O/c1-8(2)13-10(16)6-11-5-4-9-12-7-15(3)14-9/h7-8,11H,4-6H2,1-3H3,(H,13,16). The molecule has 16 heavy (non-hydrogen) atoms. The van der Waals surface area contributed by atoms with Crippen LogP contribution in [-0.2, 0) is 18.3 Å². The van der Waals surface area contributed by atoms with E-state index in [0.29, 0.717) is 13.1 Å². The second kappa shape index (κ2) is 6.22. The van der Waals surface area contributed by atoms with Crippen molar-refractivity contribution in [3.05, 3.63) is 12.2 Å². The Morgan fingerprint density at radius 3 is 2.88 bits per heavy atom. The fourth-order valence-corrected chi connectivity index (χ4v) is 1.27. The van der Waals surface area contributed by atoms with Gasteiger partial charge in [0.25, 0.3) is 0 Å². The number of amides is 1. The maximum atomic E-state index is 11.3. The van der Waals surface area contributed by atoms with Gasteiger partial charge in [-0.3, -0.25) is 9.48 Å². The zero-order valence-corrected chi connectivity index (χ0v) is 10.0. The number of nitrogens with zero attached hydrogens (tertiary/aromatic N) is 3. The van der Waals surface area contributed by atoms with E-state index in [-0.39, 0.29) is 11.9 Å². The topological polar surface area (TPSA) is 71.8 Å². The lowest BCUT2D eigenvalue weighted by Crippen LogP contribution is -2.38. The molecular weight excluding hydrogens is 206 g/mol. The molecule has 0 bridgehead atoms. The minimum Gasteiger partial charge on any atom is -0.353 e. The van der Waals surface area contributed by atoms with Gasteiger partial charge in [0.05, 0.1) is 6.54 Å². The number of carbonyl (C=O) groups is 1. The monoisotopic (exact) mass is 225 g/mol. The molecule has 0 aliphatic carbocycles. The Labute approximate surface area is 95.4 Å². The summed E-state index contributed by atoms with van der Waals surface area (Å²) in [6.07, 6.45) is 2.40. The van der Waals surface area contributed by atoms with Crippen molar-refractivity contribution in [2.24, 2.45) is 7.05 Å². The first kappa shape index (κ1) is 12.6. The molecule has 1 rings (SSSR count). The Morgan fingerprint density at radius 2 is 2.31 bits per heavy atom. The van der Waals surface area contributed by atoms with E-state index < -0.39 is 0 Å². The predicted octanol–water partition coefficient (Wildman–Crippen LogP) is -0.528. The van der Waals surface area contributed by atoms with E-state index in [1.165, 1.54) is 0 Å². The van der Waals surface area contributed by atoms with E-state index in [1.807, 2.05) is 20.9 Å². The molecule has 0 spiro atoms. The number of nitrogens with one attached hydrogen (secondary N) is 2. The van der Waals surface area contributed by atoms with Crippen molar-refractivity contribution in [3.8, 4) is 0 Å². The highest BCUT2D eigenvalue weighted by atomic mass is 16.1. The lowest BCUT2D eigenvalue weighted by atomic mass is 10.3. The molecule has 2 N–H and O–H groups in total. The van der Waals surface area contributed by atoms with Gasteiger partial charge in [-0.25, -0.2) is 4.98 Å². The molecule has 0 fully saturated rings. The van der Waals surface area contributed by atoms with E-state index in [4.69, 9.17) is 0 Å². The molecule has 1 amide bonds. The molecule has 1 aromatic heterocycles. The van der Waals surface area contributed by atoms with Gasteiger partial charge in [-0.15, -0.1) is 0 Å².